The van der Waals surface area contributed by atoms with E-state index >= 15 is 0 Å². The number of rotatable bonds is 4. The Kier molecular flexibility index (Phi) is 5.79. The third kappa shape index (κ3) is 3.95. The van der Waals surface area contributed by atoms with Gasteiger partial charge in [-0.15, -0.1) is 0 Å². The predicted molar refractivity (Wildman–Crippen MR) is 121 cm³/mol. The molecule has 1 fully saturated rings. The summed E-state index contributed by atoms with van der Waals surface area (Å²) in [7, 11) is -3.76. The second-order valence-electron chi connectivity index (χ2n) is 8.66. The number of benzene rings is 2. The number of hydrogen-bond acceptors (Lipinski definition) is 4. The van der Waals surface area contributed by atoms with E-state index in [0.29, 0.717) is 36.5 Å². The van der Waals surface area contributed by atoms with Gasteiger partial charge < -0.3 is 10.0 Å². The van der Waals surface area contributed by atoms with Crippen molar-refractivity contribution in [3.63, 3.8) is 0 Å². The fourth-order valence-corrected chi connectivity index (χ4v) is 6.91. The smallest absolute Gasteiger partial charge is 0.310 e. The first-order chi connectivity index (χ1) is 14.6. The molecule has 1 heterocycles. The first-order valence-electron chi connectivity index (χ1n) is 10.5. The maximum atomic E-state index is 13.6. The van der Waals surface area contributed by atoms with Gasteiger partial charge in [0.2, 0.25) is 10.0 Å². The first-order valence-corrected chi connectivity index (χ1v) is 12.3. The molecular weight excluding hydrogens is 436 g/mol. The number of carboxylic acid groups (broad SMARTS) is 1. The lowest BCUT2D eigenvalue weighted by Gasteiger charge is -2.44. The number of carboxylic acids is 1. The zero-order valence-corrected chi connectivity index (χ0v) is 19.4. The summed E-state index contributed by atoms with van der Waals surface area (Å²) in [4.78, 5) is 13.9. The number of aliphatic carboxylic acids is 1. The van der Waals surface area contributed by atoms with Crippen molar-refractivity contribution in [2.75, 3.05) is 18.0 Å². The Balaban J connectivity index is 1.62. The van der Waals surface area contributed by atoms with Crippen molar-refractivity contribution in [1.82, 2.24) is 4.31 Å². The summed E-state index contributed by atoms with van der Waals surface area (Å²) < 4.78 is 28.7. The molecule has 1 unspecified atom stereocenters. The molecule has 2 aromatic carbocycles. The summed E-state index contributed by atoms with van der Waals surface area (Å²) in [5.41, 5.74) is 3.53. The summed E-state index contributed by atoms with van der Waals surface area (Å²) in [5.74, 6) is -1.54. The van der Waals surface area contributed by atoms with Crippen molar-refractivity contribution in [3.05, 3.63) is 58.1 Å². The number of anilines is 1. The molecule has 166 valence electrons. The lowest BCUT2D eigenvalue weighted by Crippen LogP contribution is -2.58. The molecule has 8 heteroatoms. The van der Waals surface area contributed by atoms with Crippen LogP contribution in [0.15, 0.2) is 41.3 Å². The number of carbonyl (C=O) groups is 1. The predicted octanol–water partition coefficient (Wildman–Crippen LogP) is 4.05. The molecule has 1 N–H and O–H groups in total. The van der Waals surface area contributed by atoms with Crippen LogP contribution in [0.4, 0.5) is 5.69 Å². The number of nitrogens with zero attached hydrogens (tertiary/aromatic N) is 2. The van der Waals surface area contributed by atoms with Crippen molar-refractivity contribution < 1.29 is 18.3 Å². The molecule has 1 aliphatic carbocycles. The number of sulfonamides is 1. The Morgan fingerprint density at radius 2 is 1.77 bits per heavy atom. The van der Waals surface area contributed by atoms with Gasteiger partial charge in [-0.25, -0.2) is 8.42 Å². The molecule has 4 rings (SSSR count). The molecule has 1 saturated heterocycles. The quantitative estimate of drug-likeness (QED) is 0.741. The Morgan fingerprint density at radius 3 is 2.39 bits per heavy atom. The molecule has 0 amide bonds. The van der Waals surface area contributed by atoms with Crippen LogP contribution in [-0.4, -0.2) is 49.0 Å². The number of aryl methyl sites for hydroxylation is 2. The normalized spacial score (nSPS) is 24.3. The van der Waals surface area contributed by atoms with Gasteiger partial charge in [-0.3, -0.25) is 4.79 Å². The molecule has 31 heavy (non-hydrogen) atoms. The average molecular weight is 463 g/mol. The van der Waals surface area contributed by atoms with Gasteiger partial charge in [0, 0.05) is 35.9 Å². The molecule has 2 aliphatic rings. The number of hydrogen-bond donors (Lipinski definition) is 1. The summed E-state index contributed by atoms with van der Waals surface area (Å²) in [5, 5.41) is 10.2. The highest BCUT2D eigenvalue weighted by molar-refractivity contribution is 7.89. The summed E-state index contributed by atoms with van der Waals surface area (Å²) in [6.07, 6.45) is 1.18. The van der Waals surface area contributed by atoms with Gasteiger partial charge in [-0.1, -0.05) is 23.7 Å². The lowest BCUT2D eigenvalue weighted by atomic mass is 10.0. The molecule has 0 radical (unpaired) electrons. The first kappa shape index (κ1) is 22.1. The van der Waals surface area contributed by atoms with Crippen LogP contribution in [-0.2, 0) is 21.2 Å². The largest absolute Gasteiger partial charge is 0.481 e. The highest BCUT2D eigenvalue weighted by Crippen LogP contribution is 2.36. The molecule has 0 saturated carbocycles. The maximum absolute atomic E-state index is 13.6. The monoisotopic (exact) mass is 462 g/mol. The Hall–Kier alpha value is -2.09. The van der Waals surface area contributed by atoms with Crippen molar-refractivity contribution in [2.24, 2.45) is 0 Å². The second-order valence-corrected chi connectivity index (χ2v) is 10.9. The van der Waals surface area contributed by atoms with Crippen LogP contribution in [0.1, 0.15) is 42.9 Å². The minimum absolute atomic E-state index is 0.171. The Labute approximate surface area is 188 Å². The van der Waals surface area contributed by atoms with Crippen LogP contribution in [0.5, 0.6) is 0 Å². The van der Waals surface area contributed by atoms with Gasteiger partial charge in [-0.05, 0) is 74.6 Å². The topological polar surface area (TPSA) is 77.9 Å². The van der Waals surface area contributed by atoms with Crippen LogP contribution in [0.2, 0.25) is 5.02 Å². The van der Waals surface area contributed by atoms with E-state index in [1.807, 2.05) is 39.0 Å². The molecule has 0 spiro atoms. The summed E-state index contributed by atoms with van der Waals surface area (Å²) in [6.45, 7) is 6.86. The van der Waals surface area contributed by atoms with Crippen LogP contribution >= 0.6 is 11.6 Å². The Morgan fingerprint density at radius 1 is 1.10 bits per heavy atom. The van der Waals surface area contributed by atoms with Crippen LogP contribution < -0.4 is 4.90 Å². The Bertz CT molecular complexity index is 1120. The summed E-state index contributed by atoms with van der Waals surface area (Å²) in [6, 6.07) is 10.4. The highest BCUT2D eigenvalue weighted by Gasteiger charge is 2.39. The molecular formula is C23H27ClN2O4S. The average Bonchev–Trinajstić information content (AvgIpc) is 3.13. The van der Waals surface area contributed by atoms with Gasteiger partial charge in [0.05, 0.1) is 10.8 Å². The minimum Gasteiger partial charge on any atom is -0.481 e. The summed E-state index contributed by atoms with van der Waals surface area (Å²) >= 11 is 6.29. The lowest BCUT2D eigenvalue weighted by molar-refractivity contribution is -0.138. The van der Waals surface area contributed by atoms with Gasteiger partial charge in [0.1, 0.15) is 0 Å². The van der Waals surface area contributed by atoms with Crippen LogP contribution in [0.25, 0.3) is 0 Å². The molecule has 2 aromatic rings. The van der Waals surface area contributed by atoms with Crippen LogP contribution in [0.3, 0.4) is 0 Å². The van der Waals surface area contributed by atoms with E-state index in [9.17, 15) is 18.3 Å². The van der Waals surface area contributed by atoms with E-state index < -0.39 is 21.9 Å². The van der Waals surface area contributed by atoms with E-state index in [-0.39, 0.29) is 17.0 Å². The fraction of sp³-hybridized carbons (Fsp3) is 0.435. The van der Waals surface area contributed by atoms with Gasteiger partial charge in [0.25, 0.3) is 0 Å². The zero-order valence-electron chi connectivity index (χ0n) is 17.9. The SMILES string of the molecule is Cc1ccc(N2C[C@@H](C)N(S(=O)(=O)c3ccc4c(c3)C(C(=O)O)CC4)[C@@H](C)C2)cc1Cl. The maximum Gasteiger partial charge on any atom is 0.310 e. The fourth-order valence-electron chi connectivity index (χ4n) is 4.89. The number of piperazine rings is 1. The standard InChI is InChI=1S/C23H27ClN2O4S/c1-14-4-7-18(10-22(14)24)25-12-15(2)26(16(3)13-25)31(29,30)19-8-5-17-6-9-20(23(27)28)21(17)11-19/h4-5,7-8,10-11,15-16,20H,6,9,12-13H2,1-3H3,(H,27,28)/t15-,16+,20?. The van der Waals surface area contributed by atoms with Gasteiger partial charge in [-0.2, -0.15) is 4.31 Å². The van der Waals surface area contributed by atoms with Crippen molar-refractivity contribution in [2.45, 2.75) is 56.5 Å². The van der Waals surface area contributed by atoms with E-state index in [0.717, 1.165) is 16.8 Å². The third-order valence-corrected chi connectivity index (χ3v) is 8.96. The van der Waals surface area contributed by atoms with E-state index in [2.05, 4.69) is 4.90 Å². The number of halogens is 1. The van der Waals surface area contributed by atoms with Crippen molar-refractivity contribution in [3.8, 4) is 0 Å². The molecule has 3 atom stereocenters. The van der Waals surface area contributed by atoms with E-state index in [1.54, 1.807) is 22.5 Å². The van der Waals surface area contributed by atoms with E-state index in [1.165, 1.54) is 0 Å². The molecule has 0 aromatic heterocycles. The van der Waals surface area contributed by atoms with Crippen molar-refractivity contribution in [1.29, 1.82) is 0 Å². The zero-order chi connectivity index (χ0) is 22.5. The van der Waals surface area contributed by atoms with Crippen molar-refractivity contribution >= 4 is 33.3 Å². The van der Waals surface area contributed by atoms with Crippen LogP contribution in [0, 0.1) is 6.92 Å². The minimum atomic E-state index is -3.76. The molecule has 6 nitrogen and oxygen atoms in total. The number of fused-ring (bicyclic) bond motifs is 1. The van der Waals surface area contributed by atoms with Gasteiger partial charge >= 0.3 is 5.97 Å². The highest BCUT2D eigenvalue weighted by atomic mass is 35.5. The van der Waals surface area contributed by atoms with Gasteiger partial charge in [0.15, 0.2) is 0 Å². The van der Waals surface area contributed by atoms with E-state index in [4.69, 9.17) is 11.6 Å². The molecule has 1 aliphatic heterocycles. The third-order valence-electron chi connectivity index (χ3n) is 6.43. The second kappa shape index (κ2) is 8.11. The molecule has 0 bridgehead atoms.